The van der Waals surface area contributed by atoms with Crippen LogP contribution >= 0.6 is 27.5 Å². The molecule has 0 aliphatic heterocycles. The van der Waals surface area contributed by atoms with Crippen molar-refractivity contribution in [2.45, 2.75) is 6.92 Å². The van der Waals surface area contributed by atoms with E-state index in [0.717, 1.165) is 4.47 Å². The van der Waals surface area contributed by atoms with Crippen molar-refractivity contribution in [2.75, 3.05) is 7.11 Å². The van der Waals surface area contributed by atoms with Crippen LogP contribution in [0.25, 0.3) is 0 Å². The van der Waals surface area contributed by atoms with E-state index in [4.69, 9.17) is 16.3 Å². The minimum atomic E-state index is -0.108. The molecule has 0 aliphatic carbocycles. The van der Waals surface area contributed by atoms with Gasteiger partial charge in [-0.1, -0.05) is 11.6 Å². The van der Waals surface area contributed by atoms with Crippen LogP contribution in [0.1, 0.15) is 17.3 Å². The Morgan fingerprint density at radius 3 is 2.54 bits per heavy atom. The van der Waals surface area contributed by atoms with Gasteiger partial charge in [0, 0.05) is 0 Å². The Kier molecular flexibility index (Phi) is 3.33. The fraction of sp³-hybridized carbons (Fsp3) is 0.222. The highest BCUT2D eigenvalue weighted by Gasteiger charge is 2.15. The molecule has 70 valence electrons. The van der Waals surface area contributed by atoms with Gasteiger partial charge >= 0.3 is 0 Å². The minimum Gasteiger partial charge on any atom is -0.495 e. The standard InChI is InChI=1S/C9H8BrClO2/c1-5(12)8-7(11)4-3-6(10)9(8)13-2/h3-4H,1-2H3. The highest BCUT2D eigenvalue weighted by Crippen LogP contribution is 2.34. The van der Waals surface area contributed by atoms with Crippen LogP contribution in [-0.4, -0.2) is 12.9 Å². The number of rotatable bonds is 2. The second-order valence-electron chi connectivity index (χ2n) is 2.49. The van der Waals surface area contributed by atoms with E-state index in [1.807, 2.05) is 0 Å². The molecule has 0 saturated heterocycles. The first-order valence-corrected chi connectivity index (χ1v) is 4.78. The van der Waals surface area contributed by atoms with E-state index in [2.05, 4.69) is 15.9 Å². The quantitative estimate of drug-likeness (QED) is 0.765. The highest BCUT2D eigenvalue weighted by atomic mass is 79.9. The number of carbonyl (C=O) groups excluding carboxylic acids is 1. The van der Waals surface area contributed by atoms with Crippen molar-refractivity contribution in [3.05, 3.63) is 27.2 Å². The number of methoxy groups -OCH3 is 1. The molecule has 0 heterocycles. The molecule has 13 heavy (non-hydrogen) atoms. The highest BCUT2D eigenvalue weighted by molar-refractivity contribution is 9.10. The zero-order valence-electron chi connectivity index (χ0n) is 7.23. The van der Waals surface area contributed by atoms with E-state index >= 15 is 0 Å². The number of hydrogen-bond acceptors (Lipinski definition) is 2. The lowest BCUT2D eigenvalue weighted by Crippen LogP contribution is -1.99. The maximum Gasteiger partial charge on any atom is 0.165 e. The summed E-state index contributed by atoms with van der Waals surface area (Å²) in [4.78, 5) is 11.2. The average molecular weight is 264 g/mol. The van der Waals surface area contributed by atoms with Crippen molar-refractivity contribution in [3.63, 3.8) is 0 Å². The first kappa shape index (κ1) is 10.5. The summed E-state index contributed by atoms with van der Waals surface area (Å²) in [5, 5.41) is 0.410. The van der Waals surface area contributed by atoms with Crippen molar-refractivity contribution in [3.8, 4) is 5.75 Å². The van der Waals surface area contributed by atoms with Crippen molar-refractivity contribution in [2.24, 2.45) is 0 Å². The van der Waals surface area contributed by atoms with Gasteiger partial charge in [-0.15, -0.1) is 0 Å². The number of halogens is 2. The fourth-order valence-corrected chi connectivity index (χ4v) is 1.83. The molecule has 0 radical (unpaired) electrons. The van der Waals surface area contributed by atoms with Gasteiger partial charge in [-0.25, -0.2) is 0 Å². The molecule has 4 heteroatoms. The Labute approximate surface area is 90.0 Å². The Morgan fingerprint density at radius 2 is 2.15 bits per heavy atom. The van der Waals surface area contributed by atoms with Gasteiger partial charge in [0.05, 0.1) is 22.2 Å². The van der Waals surface area contributed by atoms with Gasteiger partial charge in [-0.05, 0) is 35.0 Å². The fourth-order valence-electron chi connectivity index (χ4n) is 1.06. The molecule has 2 nitrogen and oxygen atoms in total. The van der Waals surface area contributed by atoms with Crippen molar-refractivity contribution in [1.82, 2.24) is 0 Å². The maximum atomic E-state index is 11.2. The summed E-state index contributed by atoms with van der Waals surface area (Å²) in [5.74, 6) is 0.378. The molecule has 0 fully saturated rings. The number of hydrogen-bond donors (Lipinski definition) is 0. The van der Waals surface area contributed by atoms with Gasteiger partial charge in [0.15, 0.2) is 5.78 Å². The molecule has 0 atom stereocenters. The Hall–Kier alpha value is -0.540. The topological polar surface area (TPSA) is 26.3 Å². The number of ether oxygens (including phenoxy) is 1. The van der Waals surface area contributed by atoms with Crippen LogP contribution in [0.15, 0.2) is 16.6 Å². The summed E-state index contributed by atoms with van der Waals surface area (Å²) in [7, 11) is 1.50. The molecule has 0 N–H and O–H groups in total. The Morgan fingerprint density at radius 1 is 1.54 bits per heavy atom. The van der Waals surface area contributed by atoms with E-state index in [0.29, 0.717) is 16.3 Å². The van der Waals surface area contributed by atoms with E-state index in [1.165, 1.54) is 14.0 Å². The third-order valence-corrected chi connectivity index (χ3v) is 2.55. The third-order valence-electron chi connectivity index (χ3n) is 1.61. The van der Waals surface area contributed by atoms with Crippen LogP contribution in [-0.2, 0) is 0 Å². The van der Waals surface area contributed by atoms with E-state index in [-0.39, 0.29) is 5.78 Å². The van der Waals surface area contributed by atoms with Gasteiger partial charge in [-0.2, -0.15) is 0 Å². The molecular formula is C9H8BrClO2. The van der Waals surface area contributed by atoms with Crippen LogP contribution in [0.5, 0.6) is 5.75 Å². The van der Waals surface area contributed by atoms with E-state index in [1.54, 1.807) is 12.1 Å². The molecule has 0 bridgehead atoms. The minimum absolute atomic E-state index is 0.108. The summed E-state index contributed by atoms with van der Waals surface area (Å²) in [6.07, 6.45) is 0. The molecule has 0 unspecified atom stereocenters. The predicted octanol–water partition coefficient (Wildman–Crippen LogP) is 3.31. The summed E-state index contributed by atoms with van der Waals surface area (Å²) in [6, 6.07) is 3.40. The molecule has 1 aromatic rings. The third kappa shape index (κ3) is 2.03. The summed E-state index contributed by atoms with van der Waals surface area (Å²) in [6.45, 7) is 1.45. The number of benzene rings is 1. The zero-order chi connectivity index (χ0) is 10.0. The van der Waals surface area contributed by atoms with Crippen LogP contribution in [0, 0.1) is 0 Å². The monoisotopic (exact) mass is 262 g/mol. The van der Waals surface area contributed by atoms with Crippen molar-refractivity contribution in [1.29, 1.82) is 0 Å². The summed E-state index contributed by atoms with van der Waals surface area (Å²) >= 11 is 9.13. The first-order valence-electron chi connectivity index (χ1n) is 3.61. The second kappa shape index (κ2) is 4.11. The SMILES string of the molecule is COc1c(Br)ccc(Cl)c1C(C)=O. The zero-order valence-corrected chi connectivity index (χ0v) is 9.57. The lowest BCUT2D eigenvalue weighted by molar-refractivity contribution is 0.101. The number of carbonyl (C=O) groups is 1. The molecule has 0 amide bonds. The molecule has 0 aliphatic rings. The first-order chi connectivity index (χ1) is 6.07. The summed E-state index contributed by atoms with van der Waals surface area (Å²) in [5.41, 5.74) is 0.415. The van der Waals surface area contributed by atoms with Crippen LogP contribution in [0.2, 0.25) is 5.02 Å². The van der Waals surface area contributed by atoms with Gasteiger partial charge < -0.3 is 4.74 Å². The maximum absolute atomic E-state index is 11.2. The number of ketones is 1. The molecule has 1 aromatic carbocycles. The van der Waals surface area contributed by atoms with Crippen LogP contribution in [0.4, 0.5) is 0 Å². The molecule has 0 aromatic heterocycles. The lowest BCUT2D eigenvalue weighted by Gasteiger charge is -2.09. The Bertz CT molecular complexity index is 350. The second-order valence-corrected chi connectivity index (χ2v) is 3.76. The predicted molar refractivity (Wildman–Crippen MR) is 55.7 cm³/mol. The smallest absolute Gasteiger partial charge is 0.165 e. The van der Waals surface area contributed by atoms with E-state index < -0.39 is 0 Å². The lowest BCUT2D eigenvalue weighted by atomic mass is 10.1. The summed E-state index contributed by atoms with van der Waals surface area (Å²) < 4.78 is 5.79. The van der Waals surface area contributed by atoms with Crippen molar-refractivity contribution >= 4 is 33.3 Å². The molecule has 0 saturated carbocycles. The van der Waals surface area contributed by atoms with E-state index in [9.17, 15) is 4.79 Å². The molecular weight excluding hydrogens is 255 g/mol. The molecule has 0 spiro atoms. The van der Waals surface area contributed by atoms with Crippen LogP contribution in [0.3, 0.4) is 0 Å². The van der Waals surface area contributed by atoms with Crippen LogP contribution < -0.4 is 4.74 Å². The molecule has 1 rings (SSSR count). The van der Waals surface area contributed by atoms with Gasteiger partial charge in [0.25, 0.3) is 0 Å². The number of Topliss-reactive ketones (excluding diaryl/α,β-unsaturated/α-hetero) is 1. The van der Waals surface area contributed by atoms with Crippen molar-refractivity contribution < 1.29 is 9.53 Å². The van der Waals surface area contributed by atoms with Gasteiger partial charge in [0.1, 0.15) is 5.75 Å². The largest absolute Gasteiger partial charge is 0.495 e. The van der Waals surface area contributed by atoms with Gasteiger partial charge in [0.2, 0.25) is 0 Å². The van der Waals surface area contributed by atoms with Gasteiger partial charge in [-0.3, -0.25) is 4.79 Å². The average Bonchev–Trinajstić information content (AvgIpc) is 2.07. The Balaban J connectivity index is 3.43. The normalized spacial score (nSPS) is 9.85.